The van der Waals surface area contributed by atoms with E-state index in [0.29, 0.717) is 12.0 Å². The number of sulfone groups is 1. The van der Waals surface area contributed by atoms with Gasteiger partial charge in [0.05, 0.1) is 5.75 Å². The Morgan fingerprint density at radius 1 is 1.38 bits per heavy atom. The molecular weight excluding hydrogens is 282 g/mol. The summed E-state index contributed by atoms with van der Waals surface area (Å²) in [7, 11) is -2.92. The van der Waals surface area contributed by atoms with E-state index in [-0.39, 0.29) is 17.5 Å². The predicted molar refractivity (Wildman–Crippen MR) is 86.4 cm³/mol. The van der Waals surface area contributed by atoms with Crippen molar-refractivity contribution in [3.05, 3.63) is 34.9 Å². The van der Waals surface area contributed by atoms with Crippen LogP contribution in [0.25, 0.3) is 0 Å². The zero-order valence-electron chi connectivity index (χ0n) is 12.9. The van der Waals surface area contributed by atoms with E-state index < -0.39 is 9.84 Å². The third kappa shape index (κ3) is 3.02. The lowest BCUT2D eigenvalue weighted by Crippen LogP contribution is -2.35. The molecule has 1 N–H and O–H groups in total. The van der Waals surface area contributed by atoms with Crippen molar-refractivity contribution in [1.29, 1.82) is 0 Å². The summed E-state index contributed by atoms with van der Waals surface area (Å²) in [5, 5.41) is 3.57. The van der Waals surface area contributed by atoms with Gasteiger partial charge in [-0.2, -0.15) is 0 Å². The molecule has 3 atom stereocenters. The van der Waals surface area contributed by atoms with E-state index >= 15 is 0 Å². The minimum Gasteiger partial charge on any atom is -0.306 e. The fraction of sp³-hybridized carbons (Fsp3) is 0.647. The Hall–Kier alpha value is -0.870. The molecule has 2 aliphatic rings. The fourth-order valence-electron chi connectivity index (χ4n) is 4.03. The lowest BCUT2D eigenvalue weighted by Gasteiger charge is -2.20. The molecule has 0 amide bonds. The number of benzene rings is 1. The molecule has 0 radical (unpaired) electrons. The van der Waals surface area contributed by atoms with Gasteiger partial charge in [0.25, 0.3) is 0 Å². The zero-order valence-corrected chi connectivity index (χ0v) is 13.7. The summed E-state index contributed by atoms with van der Waals surface area (Å²) in [4.78, 5) is 0. The van der Waals surface area contributed by atoms with E-state index in [0.717, 1.165) is 6.42 Å². The van der Waals surface area contributed by atoms with Crippen LogP contribution in [0.1, 0.15) is 61.8 Å². The second-order valence-corrected chi connectivity index (χ2v) is 8.96. The van der Waals surface area contributed by atoms with Crippen LogP contribution in [0.4, 0.5) is 0 Å². The Bertz CT molecular complexity index is 624. The summed E-state index contributed by atoms with van der Waals surface area (Å²) in [5.41, 5.74) is 4.49. The second-order valence-electron chi connectivity index (χ2n) is 6.56. The van der Waals surface area contributed by atoms with Crippen molar-refractivity contribution >= 4 is 9.84 Å². The Balaban J connectivity index is 1.76. The van der Waals surface area contributed by atoms with Gasteiger partial charge in [-0.25, -0.2) is 8.42 Å². The lowest BCUT2D eigenvalue weighted by molar-refractivity contribution is 0.434. The molecule has 3 nitrogen and oxygen atoms in total. The molecule has 0 unspecified atom stereocenters. The first-order valence-electron chi connectivity index (χ1n) is 8.08. The Kier molecular flexibility index (Phi) is 4.10. The number of hydrogen-bond donors (Lipinski definition) is 1. The van der Waals surface area contributed by atoms with Gasteiger partial charge in [-0.3, -0.25) is 0 Å². The van der Waals surface area contributed by atoms with Crippen molar-refractivity contribution in [3.8, 4) is 0 Å². The van der Waals surface area contributed by atoms with Crippen molar-refractivity contribution in [2.75, 3.05) is 11.5 Å². The minimum absolute atomic E-state index is 0.0101. The normalized spacial score (nSPS) is 25.6. The standard InChI is InChI=1S/C17H25NO2S/c1-3-21(19,20)11-12(2)18-16-10-14-8-4-6-13-7-5-9-15(16)17(13)14/h5,7,9,12,14,16,18H,3-4,6,8,10-11H2,1-2H3/t12-,14+,16-/m0/s1. The molecule has 0 saturated carbocycles. The predicted octanol–water partition coefficient (Wildman–Crippen LogP) is 2.96. The first-order valence-corrected chi connectivity index (χ1v) is 9.90. The number of aryl methyl sites for hydroxylation is 1. The van der Waals surface area contributed by atoms with Crippen LogP contribution in [0.2, 0.25) is 0 Å². The Morgan fingerprint density at radius 2 is 2.19 bits per heavy atom. The monoisotopic (exact) mass is 307 g/mol. The van der Waals surface area contributed by atoms with Gasteiger partial charge in [-0.15, -0.1) is 0 Å². The van der Waals surface area contributed by atoms with Crippen molar-refractivity contribution in [2.24, 2.45) is 0 Å². The summed E-state index contributed by atoms with van der Waals surface area (Å²) in [6.07, 6.45) is 4.90. The van der Waals surface area contributed by atoms with Gasteiger partial charge in [0, 0.05) is 17.8 Å². The second kappa shape index (κ2) is 5.73. The molecule has 0 aromatic heterocycles. The van der Waals surface area contributed by atoms with E-state index in [1.54, 1.807) is 12.5 Å². The Morgan fingerprint density at radius 3 is 2.95 bits per heavy atom. The molecule has 3 rings (SSSR count). The van der Waals surface area contributed by atoms with Crippen molar-refractivity contribution in [3.63, 3.8) is 0 Å². The quantitative estimate of drug-likeness (QED) is 0.909. The van der Waals surface area contributed by atoms with Crippen LogP contribution in [0.15, 0.2) is 18.2 Å². The molecule has 0 fully saturated rings. The first kappa shape index (κ1) is 15.0. The van der Waals surface area contributed by atoms with Crippen molar-refractivity contribution in [2.45, 2.75) is 57.5 Å². The van der Waals surface area contributed by atoms with Crippen LogP contribution in [0.5, 0.6) is 0 Å². The molecule has 1 aromatic carbocycles. The van der Waals surface area contributed by atoms with Crippen LogP contribution in [0.3, 0.4) is 0 Å². The zero-order chi connectivity index (χ0) is 15.0. The number of rotatable bonds is 5. The lowest BCUT2D eigenvalue weighted by atomic mass is 9.84. The molecule has 21 heavy (non-hydrogen) atoms. The third-order valence-corrected chi connectivity index (χ3v) is 6.85. The van der Waals surface area contributed by atoms with Gasteiger partial charge < -0.3 is 5.32 Å². The maximum atomic E-state index is 11.8. The molecule has 2 aliphatic carbocycles. The fourth-order valence-corrected chi connectivity index (χ4v) is 5.12. The molecule has 1 aromatic rings. The van der Waals surface area contributed by atoms with E-state index in [9.17, 15) is 8.42 Å². The van der Waals surface area contributed by atoms with Gasteiger partial charge >= 0.3 is 0 Å². The minimum atomic E-state index is -2.92. The van der Waals surface area contributed by atoms with Gasteiger partial charge in [0.1, 0.15) is 0 Å². The van der Waals surface area contributed by atoms with Crippen LogP contribution >= 0.6 is 0 Å². The maximum Gasteiger partial charge on any atom is 0.151 e. The SMILES string of the molecule is CCS(=O)(=O)C[C@H](C)N[C@H]1C[C@H]2CCCc3cccc1c32. The third-order valence-electron chi connectivity index (χ3n) is 4.96. The first-order chi connectivity index (χ1) is 10.00. The maximum absolute atomic E-state index is 11.8. The average Bonchev–Trinajstić information content (AvgIpc) is 2.79. The molecule has 0 spiro atoms. The number of hydrogen-bond acceptors (Lipinski definition) is 3. The van der Waals surface area contributed by atoms with Crippen molar-refractivity contribution < 1.29 is 8.42 Å². The molecule has 0 heterocycles. The molecular formula is C17H25NO2S. The highest BCUT2D eigenvalue weighted by Crippen LogP contribution is 2.47. The van der Waals surface area contributed by atoms with Gasteiger partial charge in [0.15, 0.2) is 9.84 Å². The number of nitrogens with one attached hydrogen (secondary N) is 1. The highest BCUT2D eigenvalue weighted by molar-refractivity contribution is 7.91. The summed E-state index contributed by atoms with van der Waals surface area (Å²) in [6.45, 7) is 3.71. The van der Waals surface area contributed by atoms with Crippen LogP contribution < -0.4 is 5.32 Å². The average molecular weight is 307 g/mol. The van der Waals surface area contributed by atoms with E-state index in [2.05, 4.69) is 23.5 Å². The highest BCUT2D eigenvalue weighted by Gasteiger charge is 2.35. The van der Waals surface area contributed by atoms with Gasteiger partial charge in [-0.05, 0) is 55.2 Å². The molecule has 116 valence electrons. The topological polar surface area (TPSA) is 46.2 Å². The summed E-state index contributed by atoms with van der Waals surface area (Å²) < 4.78 is 23.5. The van der Waals surface area contributed by atoms with Crippen LogP contribution in [-0.2, 0) is 16.3 Å². The van der Waals surface area contributed by atoms with Crippen molar-refractivity contribution in [1.82, 2.24) is 5.32 Å². The largest absolute Gasteiger partial charge is 0.306 e. The van der Waals surface area contributed by atoms with Crippen LogP contribution in [0, 0.1) is 0 Å². The molecule has 4 heteroatoms. The van der Waals surface area contributed by atoms with E-state index in [4.69, 9.17) is 0 Å². The molecule has 0 bridgehead atoms. The summed E-state index contributed by atoms with van der Waals surface area (Å²) in [6, 6.07) is 6.98. The summed E-state index contributed by atoms with van der Waals surface area (Å²) >= 11 is 0. The van der Waals surface area contributed by atoms with E-state index in [1.165, 1.54) is 30.4 Å². The van der Waals surface area contributed by atoms with Crippen LogP contribution in [-0.4, -0.2) is 26.0 Å². The van der Waals surface area contributed by atoms with E-state index in [1.807, 2.05) is 6.92 Å². The van der Waals surface area contributed by atoms with Gasteiger partial charge in [-0.1, -0.05) is 25.1 Å². The smallest absolute Gasteiger partial charge is 0.151 e. The van der Waals surface area contributed by atoms with Gasteiger partial charge in [0.2, 0.25) is 0 Å². The highest BCUT2D eigenvalue weighted by atomic mass is 32.2. The molecule has 0 aliphatic heterocycles. The Labute approximate surface area is 128 Å². The molecule has 0 saturated heterocycles. The summed E-state index contributed by atoms with van der Waals surface area (Å²) in [5.74, 6) is 1.14.